The number of nitrogens with zero attached hydrogens (tertiary/aromatic N) is 1. The number of hydrogen-bond acceptors (Lipinski definition) is 2. The molecule has 1 unspecified atom stereocenters. The molecule has 2 heterocycles. The van der Waals surface area contributed by atoms with Crippen LogP contribution in [0, 0.1) is 5.92 Å². The summed E-state index contributed by atoms with van der Waals surface area (Å²) in [5.41, 5.74) is 1.01. The Morgan fingerprint density at radius 1 is 1.29 bits per heavy atom. The number of nitrogens with one attached hydrogen (secondary N) is 1. The minimum Gasteiger partial charge on any atom is -0.342 e. The van der Waals surface area contributed by atoms with Gasteiger partial charge in [0.25, 0.3) is 0 Å². The van der Waals surface area contributed by atoms with E-state index in [0.29, 0.717) is 17.5 Å². The van der Waals surface area contributed by atoms with Gasteiger partial charge in [-0.05, 0) is 55.8 Å². The van der Waals surface area contributed by atoms with Crippen molar-refractivity contribution in [2.45, 2.75) is 38.1 Å². The zero-order valence-electron chi connectivity index (χ0n) is 12.4. The highest BCUT2D eigenvalue weighted by molar-refractivity contribution is 6.30. The van der Waals surface area contributed by atoms with E-state index < -0.39 is 0 Å². The van der Waals surface area contributed by atoms with Crippen molar-refractivity contribution >= 4 is 17.5 Å². The number of likely N-dealkylation sites (tertiary alicyclic amines) is 1. The zero-order chi connectivity index (χ0) is 14.7. The van der Waals surface area contributed by atoms with Crippen LogP contribution >= 0.6 is 11.6 Å². The Kier molecular flexibility index (Phi) is 4.81. The second-order valence-corrected chi connectivity index (χ2v) is 6.66. The minimum atomic E-state index is 0.232. The molecular weight excluding hydrogens is 284 g/mol. The van der Waals surface area contributed by atoms with Crippen LogP contribution in [0.4, 0.5) is 0 Å². The molecule has 1 aromatic carbocycles. The van der Waals surface area contributed by atoms with Gasteiger partial charge >= 0.3 is 0 Å². The van der Waals surface area contributed by atoms with E-state index >= 15 is 0 Å². The molecule has 114 valence electrons. The van der Waals surface area contributed by atoms with Gasteiger partial charge in [-0.3, -0.25) is 4.79 Å². The van der Waals surface area contributed by atoms with Crippen LogP contribution in [-0.4, -0.2) is 36.5 Å². The average Bonchev–Trinajstić information content (AvgIpc) is 3.01. The second kappa shape index (κ2) is 6.80. The van der Waals surface area contributed by atoms with Gasteiger partial charge in [0.1, 0.15) is 0 Å². The van der Waals surface area contributed by atoms with E-state index in [0.717, 1.165) is 37.4 Å². The first-order valence-corrected chi connectivity index (χ1v) is 8.36. The van der Waals surface area contributed by atoms with Gasteiger partial charge in [0.2, 0.25) is 5.91 Å². The summed E-state index contributed by atoms with van der Waals surface area (Å²) < 4.78 is 0. The molecule has 0 radical (unpaired) electrons. The Morgan fingerprint density at radius 3 is 2.76 bits per heavy atom. The van der Waals surface area contributed by atoms with E-state index in [1.54, 1.807) is 0 Å². The van der Waals surface area contributed by atoms with Gasteiger partial charge in [0.15, 0.2) is 0 Å². The summed E-state index contributed by atoms with van der Waals surface area (Å²) in [6.07, 6.45) is 5.35. The molecule has 0 bridgehead atoms. The van der Waals surface area contributed by atoms with Crippen molar-refractivity contribution in [1.82, 2.24) is 10.2 Å². The summed E-state index contributed by atoms with van der Waals surface area (Å²) in [5.74, 6) is 0.984. The van der Waals surface area contributed by atoms with E-state index in [4.69, 9.17) is 11.6 Å². The lowest BCUT2D eigenvalue weighted by Gasteiger charge is -2.35. The number of hydrogen-bond donors (Lipinski definition) is 1. The zero-order valence-corrected chi connectivity index (χ0v) is 13.1. The lowest BCUT2D eigenvalue weighted by molar-refractivity contribution is -0.132. The molecule has 1 amide bonds. The number of rotatable bonds is 3. The predicted molar refractivity (Wildman–Crippen MR) is 85.5 cm³/mol. The highest BCUT2D eigenvalue weighted by Crippen LogP contribution is 2.26. The molecule has 2 aliphatic rings. The van der Waals surface area contributed by atoms with Gasteiger partial charge in [0.05, 0.1) is 6.42 Å². The predicted octanol–water partition coefficient (Wildman–Crippen LogP) is 2.87. The Morgan fingerprint density at radius 2 is 2.10 bits per heavy atom. The van der Waals surface area contributed by atoms with Gasteiger partial charge in [-0.2, -0.15) is 0 Å². The summed E-state index contributed by atoms with van der Waals surface area (Å²) >= 11 is 5.97. The Hall–Kier alpha value is -1.06. The minimum absolute atomic E-state index is 0.232. The van der Waals surface area contributed by atoms with Gasteiger partial charge < -0.3 is 10.2 Å². The van der Waals surface area contributed by atoms with Gasteiger partial charge in [-0.15, -0.1) is 0 Å². The van der Waals surface area contributed by atoms with Gasteiger partial charge in [-0.25, -0.2) is 0 Å². The lowest BCUT2D eigenvalue weighted by atomic mass is 9.88. The van der Waals surface area contributed by atoms with Crippen LogP contribution in [0.1, 0.15) is 31.2 Å². The lowest BCUT2D eigenvalue weighted by Crippen LogP contribution is -2.43. The number of halogens is 1. The maximum atomic E-state index is 12.4. The molecule has 2 fully saturated rings. The topological polar surface area (TPSA) is 32.3 Å². The number of benzene rings is 1. The highest BCUT2D eigenvalue weighted by Gasteiger charge is 2.29. The van der Waals surface area contributed by atoms with Crippen molar-refractivity contribution in [2.75, 3.05) is 19.6 Å². The number of carbonyl (C=O) groups is 1. The molecule has 0 aromatic heterocycles. The molecule has 2 aliphatic heterocycles. The molecule has 1 atom stereocenters. The third-order valence-electron chi connectivity index (χ3n) is 4.80. The summed E-state index contributed by atoms with van der Waals surface area (Å²) in [7, 11) is 0. The fourth-order valence-corrected chi connectivity index (χ4v) is 3.81. The first kappa shape index (κ1) is 14.9. The van der Waals surface area contributed by atoms with Crippen LogP contribution in [0.25, 0.3) is 0 Å². The van der Waals surface area contributed by atoms with Crippen LogP contribution in [-0.2, 0) is 11.2 Å². The monoisotopic (exact) mass is 306 g/mol. The summed E-state index contributed by atoms with van der Waals surface area (Å²) in [4.78, 5) is 14.4. The molecule has 3 rings (SSSR count). The molecule has 21 heavy (non-hydrogen) atoms. The van der Waals surface area contributed by atoms with Crippen molar-refractivity contribution in [3.05, 3.63) is 34.9 Å². The first-order chi connectivity index (χ1) is 10.2. The maximum absolute atomic E-state index is 12.4. The normalized spacial score (nSPS) is 23.5. The SMILES string of the molecule is O=C(Cc1cccc(Cl)c1)N1CCC(C2CCCN2)CC1. The number of amides is 1. The van der Waals surface area contributed by atoms with E-state index in [1.807, 2.05) is 29.2 Å². The van der Waals surface area contributed by atoms with E-state index in [2.05, 4.69) is 5.32 Å². The van der Waals surface area contributed by atoms with Crippen molar-refractivity contribution in [1.29, 1.82) is 0 Å². The van der Waals surface area contributed by atoms with Crippen LogP contribution < -0.4 is 5.32 Å². The fourth-order valence-electron chi connectivity index (χ4n) is 3.60. The van der Waals surface area contributed by atoms with Crippen molar-refractivity contribution in [3.8, 4) is 0 Å². The highest BCUT2D eigenvalue weighted by atomic mass is 35.5. The summed E-state index contributed by atoms with van der Waals surface area (Å²) in [6, 6.07) is 8.29. The van der Waals surface area contributed by atoms with E-state index in [9.17, 15) is 4.79 Å². The van der Waals surface area contributed by atoms with Crippen LogP contribution in [0.15, 0.2) is 24.3 Å². The fraction of sp³-hybridized carbons (Fsp3) is 0.588. The molecule has 4 heteroatoms. The molecule has 1 N–H and O–H groups in total. The largest absolute Gasteiger partial charge is 0.342 e. The van der Waals surface area contributed by atoms with Crippen molar-refractivity contribution in [3.63, 3.8) is 0 Å². The molecule has 1 aromatic rings. The molecule has 0 aliphatic carbocycles. The molecule has 0 saturated carbocycles. The average molecular weight is 307 g/mol. The Balaban J connectivity index is 1.50. The number of piperidine rings is 1. The van der Waals surface area contributed by atoms with E-state index in [1.165, 1.54) is 19.4 Å². The summed E-state index contributed by atoms with van der Waals surface area (Å²) in [5, 5.41) is 4.30. The maximum Gasteiger partial charge on any atom is 0.226 e. The van der Waals surface area contributed by atoms with Crippen LogP contribution in [0.2, 0.25) is 5.02 Å². The quantitative estimate of drug-likeness (QED) is 0.931. The summed E-state index contributed by atoms with van der Waals surface area (Å²) in [6.45, 7) is 2.98. The van der Waals surface area contributed by atoms with Crippen molar-refractivity contribution < 1.29 is 4.79 Å². The molecule has 3 nitrogen and oxygen atoms in total. The molecule has 0 spiro atoms. The third kappa shape index (κ3) is 3.78. The standard InChI is InChI=1S/C17H23ClN2O/c18-15-4-1-3-13(11-15)12-17(21)20-9-6-14(7-10-20)16-5-2-8-19-16/h1,3-4,11,14,16,19H,2,5-10,12H2. The van der Waals surface area contributed by atoms with Gasteiger partial charge in [0, 0.05) is 24.2 Å². The van der Waals surface area contributed by atoms with Crippen molar-refractivity contribution in [2.24, 2.45) is 5.92 Å². The molecular formula is C17H23ClN2O. The Bertz CT molecular complexity index is 491. The Labute approximate surface area is 131 Å². The number of carbonyl (C=O) groups excluding carboxylic acids is 1. The van der Waals surface area contributed by atoms with Crippen LogP contribution in [0.5, 0.6) is 0 Å². The van der Waals surface area contributed by atoms with E-state index in [-0.39, 0.29) is 5.91 Å². The van der Waals surface area contributed by atoms with Crippen LogP contribution in [0.3, 0.4) is 0 Å². The third-order valence-corrected chi connectivity index (χ3v) is 5.04. The smallest absolute Gasteiger partial charge is 0.226 e. The first-order valence-electron chi connectivity index (χ1n) is 7.98. The molecule has 2 saturated heterocycles. The van der Waals surface area contributed by atoms with Gasteiger partial charge in [-0.1, -0.05) is 23.7 Å². The second-order valence-electron chi connectivity index (χ2n) is 6.23.